The molecule has 0 spiro atoms. The van der Waals surface area contributed by atoms with Crippen LogP contribution in [-0.2, 0) is 0 Å². The lowest BCUT2D eigenvalue weighted by Crippen LogP contribution is -2.31. The first-order valence-electron chi connectivity index (χ1n) is 7.36. The van der Waals surface area contributed by atoms with Crippen LogP contribution >= 0.6 is 0 Å². The maximum atomic E-state index is 13.1. The molecule has 6 heteroatoms. The number of halogens is 3. The molecule has 0 fully saturated rings. The van der Waals surface area contributed by atoms with Crippen LogP contribution in [0.3, 0.4) is 0 Å². The Morgan fingerprint density at radius 1 is 1.04 bits per heavy atom. The SMILES string of the molecule is CC(Nc1nc(-c2ccc(F)cc2)cc(C(F)F)n1)C(C)(C)C. The van der Waals surface area contributed by atoms with Gasteiger partial charge >= 0.3 is 0 Å². The van der Waals surface area contributed by atoms with Gasteiger partial charge in [0.2, 0.25) is 5.95 Å². The predicted octanol–water partition coefficient (Wildman–Crippen LogP) is 5.07. The van der Waals surface area contributed by atoms with Crippen molar-refractivity contribution in [1.82, 2.24) is 9.97 Å². The topological polar surface area (TPSA) is 37.8 Å². The average molecular weight is 323 g/mol. The molecule has 0 bridgehead atoms. The average Bonchev–Trinajstić information content (AvgIpc) is 2.46. The Morgan fingerprint density at radius 2 is 1.65 bits per heavy atom. The van der Waals surface area contributed by atoms with Crippen molar-refractivity contribution in [2.75, 3.05) is 5.32 Å². The quantitative estimate of drug-likeness (QED) is 0.854. The Morgan fingerprint density at radius 3 is 2.17 bits per heavy atom. The van der Waals surface area contributed by atoms with Crippen molar-refractivity contribution >= 4 is 5.95 Å². The zero-order chi connectivity index (χ0) is 17.2. The number of rotatable bonds is 4. The third-order valence-electron chi connectivity index (χ3n) is 3.75. The highest BCUT2D eigenvalue weighted by Gasteiger charge is 2.22. The molecule has 0 amide bonds. The van der Waals surface area contributed by atoms with E-state index in [1.165, 1.54) is 30.3 Å². The minimum Gasteiger partial charge on any atom is -0.351 e. The molecule has 1 heterocycles. The summed E-state index contributed by atoms with van der Waals surface area (Å²) in [5.41, 5.74) is 0.448. The van der Waals surface area contributed by atoms with Gasteiger partial charge in [-0.1, -0.05) is 20.8 Å². The zero-order valence-corrected chi connectivity index (χ0v) is 13.6. The minimum atomic E-state index is -2.71. The summed E-state index contributed by atoms with van der Waals surface area (Å²) in [7, 11) is 0. The van der Waals surface area contributed by atoms with Crippen molar-refractivity contribution in [3.8, 4) is 11.3 Å². The van der Waals surface area contributed by atoms with E-state index in [2.05, 4.69) is 15.3 Å². The zero-order valence-electron chi connectivity index (χ0n) is 13.6. The summed E-state index contributed by atoms with van der Waals surface area (Å²) in [4.78, 5) is 8.17. The summed E-state index contributed by atoms with van der Waals surface area (Å²) in [5.74, 6) is -0.249. The number of anilines is 1. The molecule has 0 aliphatic rings. The highest BCUT2D eigenvalue weighted by molar-refractivity contribution is 5.61. The third kappa shape index (κ3) is 4.43. The summed E-state index contributed by atoms with van der Waals surface area (Å²) in [6.45, 7) is 8.03. The Labute approximate surface area is 134 Å². The molecule has 0 aliphatic carbocycles. The molecule has 2 aromatic rings. The van der Waals surface area contributed by atoms with Crippen molar-refractivity contribution < 1.29 is 13.2 Å². The Bertz CT molecular complexity index is 664. The Kier molecular flexibility index (Phi) is 4.92. The van der Waals surface area contributed by atoms with E-state index in [0.717, 1.165) is 0 Å². The van der Waals surface area contributed by atoms with Crippen LogP contribution in [0.5, 0.6) is 0 Å². The molecule has 1 N–H and O–H groups in total. The number of benzene rings is 1. The number of nitrogens with zero attached hydrogens (tertiary/aromatic N) is 2. The van der Waals surface area contributed by atoms with Gasteiger partial charge in [-0.15, -0.1) is 0 Å². The molecule has 2 rings (SSSR count). The van der Waals surface area contributed by atoms with E-state index >= 15 is 0 Å². The number of hydrogen-bond donors (Lipinski definition) is 1. The normalized spacial score (nSPS) is 13.2. The van der Waals surface area contributed by atoms with Gasteiger partial charge in [0.1, 0.15) is 11.5 Å². The van der Waals surface area contributed by atoms with Crippen molar-refractivity contribution in [1.29, 1.82) is 0 Å². The molecule has 1 atom stereocenters. The number of aromatic nitrogens is 2. The van der Waals surface area contributed by atoms with Gasteiger partial charge in [-0.25, -0.2) is 23.1 Å². The summed E-state index contributed by atoms with van der Waals surface area (Å²) >= 11 is 0. The second kappa shape index (κ2) is 6.56. The fraction of sp³-hybridized carbons (Fsp3) is 0.412. The third-order valence-corrected chi connectivity index (χ3v) is 3.75. The summed E-state index contributed by atoms with van der Waals surface area (Å²) < 4.78 is 39.2. The van der Waals surface area contributed by atoms with Gasteiger partial charge in [0.05, 0.1) is 5.69 Å². The van der Waals surface area contributed by atoms with E-state index in [1.54, 1.807) is 0 Å². The monoisotopic (exact) mass is 323 g/mol. The first-order valence-corrected chi connectivity index (χ1v) is 7.36. The van der Waals surface area contributed by atoms with Crippen LogP contribution in [-0.4, -0.2) is 16.0 Å². The van der Waals surface area contributed by atoms with E-state index in [1.807, 2.05) is 27.7 Å². The van der Waals surface area contributed by atoms with Crippen LogP contribution < -0.4 is 5.32 Å². The highest BCUT2D eigenvalue weighted by Crippen LogP contribution is 2.27. The molecule has 23 heavy (non-hydrogen) atoms. The Balaban J connectivity index is 2.41. The van der Waals surface area contributed by atoms with Crippen LogP contribution in [0.4, 0.5) is 19.1 Å². The van der Waals surface area contributed by atoms with Crippen molar-refractivity contribution in [3.63, 3.8) is 0 Å². The second-order valence-corrected chi connectivity index (χ2v) is 6.54. The molecule has 1 aromatic heterocycles. The standard InChI is InChI=1S/C17H20F3N3/c1-10(17(2,3)4)21-16-22-13(9-14(23-16)15(19)20)11-5-7-12(18)8-6-11/h5-10,15H,1-4H3,(H,21,22,23). The largest absolute Gasteiger partial charge is 0.351 e. The number of hydrogen-bond acceptors (Lipinski definition) is 3. The van der Waals surface area contributed by atoms with Crippen LogP contribution in [0.15, 0.2) is 30.3 Å². The first kappa shape index (κ1) is 17.2. The van der Waals surface area contributed by atoms with Gasteiger partial charge in [-0.2, -0.15) is 0 Å². The van der Waals surface area contributed by atoms with Gasteiger partial charge in [0.25, 0.3) is 6.43 Å². The van der Waals surface area contributed by atoms with Crippen LogP contribution in [0, 0.1) is 11.2 Å². The van der Waals surface area contributed by atoms with E-state index in [0.29, 0.717) is 11.3 Å². The molecule has 3 nitrogen and oxygen atoms in total. The second-order valence-electron chi connectivity index (χ2n) is 6.54. The first-order chi connectivity index (χ1) is 10.7. The molecule has 1 aromatic carbocycles. The Hall–Kier alpha value is -2.11. The summed E-state index contributed by atoms with van der Waals surface area (Å²) in [6, 6.07) is 6.75. The predicted molar refractivity (Wildman–Crippen MR) is 84.9 cm³/mol. The minimum absolute atomic E-state index is 0.0171. The lowest BCUT2D eigenvalue weighted by molar-refractivity contribution is 0.146. The lowest BCUT2D eigenvalue weighted by Gasteiger charge is -2.28. The molecular formula is C17H20F3N3. The maximum absolute atomic E-state index is 13.1. The van der Waals surface area contributed by atoms with E-state index in [-0.39, 0.29) is 23.1 Å². The molecule has 0 saturated carbocycles. The molecule has 0 aliphatic heterocycles. The van der Waals surface area contributed by atoms with E-state index in [4.69, 9.17) is 0 Å². The fourth-order valence-electron chi connectivity index (χ4n) is 1.82. The van der Waals surface area contributed by atoms with Crippen molar-refractivity contribution in [3.05, 3.63) is 41.8 Å². The van der Waals surface area contributed by atoms with Gasteiger partial charge < -0.3 is 5.32 Å². The van der Waals surface area contributed by atoms with Crippen LogP contribution in [0.2, 0.25) is 0 Å². The number of alkyl halides is 2. The van der Waals surface area contributed by atoms with Gasteiger partial charge in [0, 0.05) is 11.6 Å². The maximum Gasteiger partial charge on any atom is 0.280 e. The molecule has 0 radical (unpaired) electrons. The highest BCUT2D eigenvalue weighted by atomic mass is 19.3. The van der Waals surface area contributed by atoms with Crippen molar-refractivity contribution in [2.24, 2.45) is 5.41 Å². The lowest BCUT2D eigenvalue weighted by atomic mass is 9.88. The van der Waals surface area contributed by atoms with Crippen LogP contribution in [0.25, 0.3) is 11.3 Å². The fourth-order valence-corrected chi connectivity index (χ4v) is 1.82. The summed E-state index contributed by atoms with van der Waals surface area (Å²) in [5, 5.41) is 3.07. The van der Waals surface area contributed by atoms with Gasteiger partial charge in [0.15, 0.2) is 0 Å². The molecule has 1 unspecified atom stereocenters. The smallest absolute Gasteiger partial charge is 0.280 e. The van der Waals surface area contributed by atoms with Gasteiger partial charge in [-0.05, 0) is 42.7 Å². The number of nitrogens with one attached hydrogen (secondary N) is 1. The molecule has 124 valence electrons. The van der Waals surface area contributed by atoms with Crippen LogP contribution in [0.1, 0.15) is 39.8 Å². The van der Waals surface area contributed by atoms with Gasteiger partial charge in [-0.3, -0.25) is 0 Å². The molecular weight excluding hydrogens is 303 g/mol. The molecule has 0 saturated heterocycles. The van der Waals surface area contributed by atoms with Crippen molar-refractivity contribution in [2.45, 2.75) is 40.2 Å². The summed E-state index contributed by atoms with van der Waals surface area (Å²) in [6.07, 6.45) is -2.71. The van der Waals surface area contributed by atoms with E-state index < -0.39 is 12.2 Å². The van der Waals surface area contributed by atoms with E-state index in [9.17, 15) is 13.2 Å².